The summed E-state index contributed by atoms with van der Waals surface area (Å²) in [6.45, 7) is 2.69. The molecule has 1 aromatic heterocycles. The summed E-state index contributed by atoms with van der Waals surface area (Å²) in [4.78, 5) is 2.25. The van der Waals surface area contributed by atoms with Gasteiger partial charge in [-0.15, -0.1) is 0 Å². The Bertz CT molecular complexity index is 284. The first-order chi connectivity index (χ1) is 6.25. The number of likely N-dealkylation sites (tertiary alicyclic amines) is 1. The molecule has 0 bridgehead atoms. The van der Waals surface area contributed by atoms with Gasteiger partial charge in [-0.2, -0.15) is 5.10 Å². The number of rotatable bonds is 2. The fourth-order valence-electron chi connectivity index (χ4n) is 1.74. The van der Waals surface area contributed by atoms with Gasteiger partial charge in [0.25, 0.3) is 0 Å². The van der Waals surface area contributed by atoms with Crippen molar-refractivity contribution >= 4 is 0 Å². The Morgan fingerprint density at radius 1 is 1.69 bits per heavy atom. The van der Waals surface area contributed by atoms with Gasteiger partial charge in [0.2, 0.25) is 0 Å². The highest BCUT2D eigenvalue weighted by Crippen LogP contribution is 2.12. The van der Waals surface area contributed by atoms with E-state index in [0.717, 1.165) is 26.1 Å². The van der Waals surface area contributed by atoms with Gasteiger partial charge in [0, 0.05) is 32.9 Å². The largest absolute Gasteiger partial charge is 0.392 e. The molecule has 1 atom stereocenters. The summed E-state index contributed by atoms with van der Waals surface area (Å²) in [5.74, 6) is 0. The number of aryl methyl sites for hydroxylation is 1. The van der Waals surface area contributed by atoms with Crippen LogP contribution in [0, 0.1) is 0 Å². The maximum absolute atomic E-state index is 9.33. The Morgan fingerprint density at radius 2 is 2.54 bits per heavy atom. The predicted molar refractivity (Wildman–Crippen MR) is 49.1 cm³/mol. The summed E-state index contributed by atoms with van der Waals surface area (Å²) in [6.07, 6.45) is 2.58. The average Bonchev–Trinajstić information content (AvgIpc) is 2.64. The highest BCUT2D eigenvalue weighted by Gasteiger charge is 2.20. The van der Waals surface area contributed by atoms with Gasteiger partial charge in [-0.05, 0) is 12.5 Å². The molecule has 1 aliphatic heterocycles. The molecule has 1 saturated heterocycles. The number of aliphatic hydroxyl groups excluding tert-OH is 1. The number of aliphatic hydroxyl groups is 1. The van der Waals surface area contributed by atoms with Crippen LogP contribution in [-0.2, 0) is 13.6 Å². The highest BCUT2D eigenvalue weighted by atomic mass is 16.3. The molecule has 1 N–H and O–H groups in total. The smallest absolute Gasteiger partial charge is 0.0679 e. The second-order valence-corrected chi connectivity index (χ2v) is 3.62. The molecule has 1 aromatic rings. The number of β-amino-alcohol motifs (C(OH)–C–C–N with tert-alkyl or cyclic N) is 1. The third-order valence-corrected chi connectivity index (χ3v) is 2.56. The first-order valence-electron chi connectivity index (χ1n) is 4.63. The monoisotopic (exact) mass is 181 g/mol. The molecular formula is C9H15N3O. The minimum atomic E-state index is -0.131. The van der Waals surface area contributed by atoms with E-state index in [1.54, 1.807) is 0 Å². The van der Waals surface area contributed by atoms with E-state index in [0.29, 0.717) is 0 Å². The number of nitrogens with zero attached hydrogens (tertiary/aromatic N) is 3. The molecule has 0 saturated carbocycles. The fraction of sp³-hybridized carbons (Fsp3) is 0.667. The zero-order valence-electron chi connectivity index (χ0n) is 7.85. The van der Waals surface area contributed by atoms with Crippen LogP contribution in [0.4, 0.5) is 0 Å². The van der Waals surface area contributed by atoms with Crippen LogP contribution in [0.2, 0.25) is 0 Å². The Balaban J connectivity index is 1.95. The summed E-state index contributed by atoms with van der Waals surface area (Å²) in [5.41, 5.74) is 1.20. The van der Waals surface area contributed by atoms with Crippen molar-refractivity contribution in [2.75, 3.05) is 13.1 Å². The van der Waals surface area contributed by atoms with Crippen molar-refractivity contribution in [2.45, 2.75) is 19.1 Å². The van der Waals surface area contributed by atoms with Crippen LogP contribution in [-0.4, -0.2) is 39.0 Å². The standard InChI is InChI=1S/C9H15N3O/c1-11-8(2-4-10-11)6-12-5-3-9(13)7-12/h2,4,9,13H,3,5-7H2,1H3/t9-/m0/s1. The maximum Gasteiger partial charge on any atom is 0.0679 e. The van der Waals surface area contributed by atoms with Gasteiger partial charge in [0.15, 0.2) is 0 Å². The fourth-order valence-corrected chi connectivity index (χ4v) is 1.74. The van der Waals surface area contributed by atoms with Crippen LogP contribution >= 0.6 is 0 Å². The molecule has 4 nitrogen and oxygen atoms in total. The second kappa shape index (κ2) is 3.47. The lowest BCUT2D eigenvalue weighted by Crippen LogP contribution is -2.22. The summed E-state index contributed by atoms with van der Waals surface area (Å²) < 4.78 is 1.88. The zero-order valence-corrected chi connectivity index (χ0v) is 7.85. The molecule has 1 aliphatic rings. The molecule has 0 amide bonds. The molecule has 13 heavy (non-hydrogen) atoms. The normalized spacial score (nSPS) is 24.0. The molecular weight excluding hydrogens is 166 g/mol. The summed E-state index contributed by atoms with van der Waals surface area (Å²) in [7, 11) is 1.95. The third-order valence-electron chi connectivity index (χ3n) is 2.56. The molecule has 0 radical (unpaired) electrons. The van der Waals surface area contributed by atoms with E-state index in [-0.39, 0.29) is 6.10 Å². The highest BCUT2D eigenvalue weighted by molar-refractivity contribution is 5.00. The van der Waals surface area contributed by atoms with Crippen LogP contribution in [0.1, 0.15) is 12.1 Å². The zero-order chi connectivity index (χ0) is 9.26. The van der Waals surface area contributed by atoms with Gasteiger partial charge in [0.05, 0.1) is 11.8 Å². The van der Waals surface area contributed by atoms with Crippen LogP contribution in [0.25, 0.3) is 0 Å². The Morgan fingerprint density at radius 3 is 3.08 bits per heavy atom. The molecule has 0 unspecified atom stereocenters. The SMILES string of the molecule is Cn1nccc1CN1CC[C@H](O)C1. The van der Waals surface area contributed by atoms with Crippen molar-refractivity contribution in [2.24, 2.45) is 7.05 Å². The van der Waals surface area contributed by atoms with Gasteiger partial charge in [-0.1, -0.05) is 0 Å². The van der Waals surface area contributed by atoms with Crippen molar-refractivity contribution in [3.05, 3.63) is 18.0 Å². The first kappa shape index (κ1) is 8.72. The Hall–Kier alpha value is -0.870. The Labute approximate surface area is 77.8 Å². The minimum absolute atomic E-state index is 0.131. The topological polar surface area (TPSA) is 41.3 Å². The van der Waals surface area contributed by atoms with Gasteiger partial charge >= 0.3 is 0 Å². The van der Waals surface area contributed by atoms with E-state index >= 15 is 0 Å². The molecule has 4 heteroatoms. The first-order valence-corrected chi connectivity index (χ1v) is 4.63. The maximum atomic E-state index is 9.33. The lowest BCUT2D eigenvalue weighted by atomic mass is 10.3. The average molecular weight is 181 g/mol. The number of aromatic nitrogens is 2. The van der Waals surface area contributed by atoms with E-state index in [9.17, 15) is 5.11 Å². The van der Waals surface area contributed by atoms with Crippen molar-refractivity contribution in [1.82, 2.24) is 14.7 Å². The van der Waals surface area contributed by atoms with E-state index in [4.69, 9.17) is 0 Å². The molecule has 0 aliphatic carbocycles. The van der Waals surface area contributed by atoms with E-state index < -0.39 is 0 Å². The van der Waals surface area contributed by atoms with E-state index in [1.165, 1.54) is 5.69 Å². The van der Waals surface area contributed by atoms with Crippen molar-refractivity contribution in [1.29, 1.82) is 0 Å². The van der Waals surface area contributed by atoms with Crippen LogP contribution in [0.15, 0.2) is 12.3 Å². The van der Waals surface area contributed by atoms with Gasteiger partial charge in [0.1, 0.15) is 0 Å². The van der Waals surface area contributed by atoms with E-state index in [1.807, 2.05) is 24.0 Å². The molecule has 0 aromatic carbocycles. The Kier molecular flexibility index (Phi) is 2.33. The molecule has 2 rings (SSSR count). The molecule has 1 fully saturated rings. The third kappa shape index (κ3) is 1.89. The van der Waals surface area contributed by atoms with Gasteiger partial charge < -0.3 is 5.11 Å². The summed E-state index contributed by atoms with van der Waals surface area (Å²) in [6, 6.07) is 2.02. The quantitative estimate of drug-likeness (QED) is 0.697. The molecule has 0 spiro atoms. The lowest BCUT2D eigenvalue weighted by Gasteiger charge is -2.14. The summed E-state index contributed by atoms with van der Waals surface area (Å²) >= 11 is 0. The van der Waals surface area contributed by atoms with Gasteiger partial charge in [-0.25, -0.2) is 0 Å². The van der Waals surface area contributed by atoms with E-state index in [2.05, 4.69) is 10.00 Å². The van der Waals surface area contributed by atoms with Crippen molar-refractivity contribution in [3.8, 4) is 0 Å². The van der Waals surface area contributed by atoms with Crippen LogP contribution < -0.4 is 0 Å². The van der Waals surface area contributed by atoms with Gasteiger partial charge in [-0.3, -0.25) is 9.58 Å². The second-order valence-electron chi connectivity index (χ2n) is 3.62. The van der Waals surface area contributed by atoms with Crippen LogP contribution in [0.5, 0.6) is 0 Å². The molecule has 2 heterocycles. The molecule has 72 valence electrons. The number of hydrogen-bond acceptors (Lipinski definition) is 3. The minimum Gasteiger partial charge on any atom is -0.392 e. The van der Waals surface area contributed by atoms with Crippen molar-refractivity contribution in [3.63, 3.8) is 0 Å². The summed E-state index contributed by atoms with van der Waals surface area (Å²) in [5, 5.41) is 13.4. The predicted octanol–water partition coefficient (Wildman–Crippen LogP) is -0.0133. The van der Waals surface area contributed by atoms with Crippen LogP contribution in [0.3, 0.4) is 0 Å². The number of hydrogen-bond donors (Lipinski definition) is 1. The lowest BCUT2D eigenvalue weighted by molar-refractivity contribution is 0.174. The van der Waals surface area contributed by atoms with Crippen molar-refractivity contribution < 1.29 is 5.11 Å².